The van der Waals surface area contributed by atoms with E-state index < -0.39 is 0 Å². The Morgan fingerprint density at radius 3 is 2.72 bits per heavy atom. The van der Waals surface area contributed by atoms with Crippen molar-refractivity contribution < 1.29 is 4.42 Å². The van der Waals surface area contributed by atoms with Crippen LogP contribution in [0.2, 0.25) is 0 Å². The van der Waals surface area contributed by atoms with E-state index >= 15 is 0 Å². The van der Waals surface area contributed by atoms with Crippen LogP contribution in [0.1, 0.15) is 5.56 Å². The molecule has 1 aromatic rings. The molecular formula is C13H7Br2NO2. The third-order valence-electron chi connectivity index (χ3n) is 2.67. The summed E-state index contributed by atoms with van der Waals surface area (Å²) in [5, 5.41) is 0. The van der Waals surface area contributed by atoms with Crippen LogP contribution < -0.4 is 5.43 Å². The normalized spacial score (nSPS) is 11.3. The predicted molar refractivity (Wildman–Crippen MR) is 77.0 cm³/mol. The van der Waals surface area contributed by atoms with Gasteiger partial charge in [-0.2, -0.15) is 0 Å². The van der Waals surface area contributed by atoms with E-state index in [1.165, 1.54) is 6.07 Å². The molecular weight excluding hydrogens is 362 g/mol. The van der Waals surface area contributed by atoms with E-state index in [0.717, 1.165) is 20.0 Å². The number of hydrogen-bond donors (Lipinski definition) is 0. The summed E-state index contributed by atoms with van der Waals surface area (Å²) in [6.45, 7) is 1.85. The average molecular weight is 369 g/mol. The van der Waals surface area contributed by atoms with Gasteiger partial charge in [0.15, 0.2) is 16.8 Å². The summed E-state index contributed by atoms with van der Waals surface area (Å²) in [5.74, 6) is 0.510. The Morgan fingerprint density at radius 2 is 1.94 bits per heavy atom. The van der Waals surface area contributed by atoms with Crippen LogP contribution >= 0.6 is 31.9 Å². The van der Waals surface area contributed by atoms with Crippen molar-refractivity contribution in [1.29, 1.82) is 0 Å². The van der Waals surface area contributed by atoms with Gasteiger partial charge in [0.2, 0.25) is 0 Å². The number of aryl methyl sites for hydroxylation is 1. The zero-order valence-electron chi connectivity index (χ0n) is 9.33. The molecule has 0 bridgehead atoms. The lowest BCUT2D eigenvalue weighted by Crippen LogP contribution is -2.03. The molecule has 0 aromatic heterocycles. The zero-order chi connectivity index (χ0) is 12.9. The largest absolute Gasteiger partial charge is 0.451 e. The van der Waals surface area contributed by atoms with E-state index in [9.17, 15) is 4.79 Å². The Kier molecular flexibility index (Phi) is 2.75. The lowest BCUT2D eigenvalue weighted by molar-refractivity contribution is 0.609. The molecule has 5 heteroatoms. The third-order valence-corrected chi connectivity index (χ3v) is 3.72. The average Bonchev–Trinajstić information content (AvgIpc) is 2.27. The number of aromatic nitrogens is 1. The van der Waals surface area contributed by atoms with Gasteiger partial charge >= 0.3 is 0 Å². The van der Waals surface area contributed by atoms with Gasteiger partial charge in [0, 0.05) is 10.5 Å². The fourth-order valence-corrected chi connectivity index (χ4v) is 3.18. The highest BCUT2D eigenvalue weighted by Crippen LogP contribution is 2.32. The molecule has 0 fully saturated rings. The number of nitrogens with zero attached hydrogens (tertiary/aromatic N) is 1. The fraction of sp³-hybridized carbons (Fsp3) is 0.0769. The molecule has 3 nitrogen and oxygen atoms in total. The number of halogens is 2. The molecule has 3 rings (SSSR count). The summed E-state index contributed by atoms with van der Waals surface area (Å²) in [6, 6.07) is 6.79. The second kappa shape index (κ2) is 4.17. The Hall–Kier alpha value is -1.20. The quantitative estimate of drug-likeness (QED) is 0.560. The first-order chi connectivity index (χ1) is 8.54. The van der Waals surface area contributed by atoms with Crippen molar-refractivity contribution in [2.75, 3.05) is 0 Å². The fourth-order valence-electron chi connectivity index (χ4n) is 1.90. The van der Waals surface area contributed by atoms with Gasteiger partial charge in [-0.05, 0) is 46.6 Å². The summed E-state index contributed by atoms with van der Waals surface area (Å²) in [7, 11) is 0. The maximum atomic E-state index is 11.5. The van der Waals surface area contributed by atoms with Crippen LogP contribution in [-0.2, 0) is 0 Å². The predicted octanol–water partition coefficient (Wildman–Crippen LogP) is 4.13. The molecule has 0 saturated heterocycles. The van der Waals surface area contributed by atoms with Crippen LogP contribution in [-0.4, -0.2) is 4.98 Å². The minimum absolute atomic E-state index is 0.0712. The van der Waals surface area contributed by atoms with Gasteiger partial charge in [0.05, 0.1) is 4.47 Å². The Balaban J connectivity index is 2.52. The van der Waals surface area contributed by atoms with Crippen LogP contribution in [0.4, 0.5) is 0 Å². The Morgan fingerprint density at radius 1 is 1.17 bits per heavy atom. The maximum absolute atomic E-state index is 11.5. The van der Waals surface area contributed by atoms with Crippen molar-refractivity contribution in [3.63, 3.8) is 0 Å². The highest BCUT2D eigenvalue weighted by Gasteiger charge is 2.14. The lowest BCUT2D eigenvalue weighted by atomic mass is 10.1. The summed E-state index contributed by atoms with van der Waals surface area (Å²) < 4.78 is 7.48. The smallest absolute Gasteiger partial charge is 0.182 e. The van der Waals surface area contributed by atoms with Crippen LogP contribution in [0.5, 0.6) is 0 Å². The molecule has 90 valence electrons. The van der Waals surface area contributed by atoms with E-state index in [-0.39, 0.29) is 5.43 Å². The SMILES string of the molecule is Cc1cc(=O)cc2oc3c(Br)cc(Br)cc3nc1-2. The molecule has 2 aliphatic rings. The molecule has 0 radical (unpaired) electrons. The second-order valence-corrected chi connectivity index (χ2v) is 5.81. The number of hydrogen-bond acceptors (Lipinski definition) is 3. The number of rotatable bonds is 0. The molecule has 0 spiro atoms. The van der Waals surface area contributed by atoms with Crippen LogP contribution in [0.25, 0.3) is 22.6 Å². The van der Waals surface area contributed by atoms with Crippen LogP contribution in [0, 0.1) is 6.92 Å². The van der Waals surface area contributed by atoms with Gasteiger partial charge in [-0.25, -0.2) is 4.98 Å². The zero-order valence-corrected chi connectivity index (χ0v) is 12.5. The molecule has 0 atom stereocenters. The molecule has 18 heavy (non-hydrogen) atoms. The van der Waals surface area contributed by atoms with Gasteiger partial charge < -0.3 is 4.42 Å². The summed E-state index contributed by atoms with van der Waals surface area (Å²) >= 11 is 6.84. The Labute approximate surface area is 119 Å². The molecule has 1 aliphatic heterocycles. The standard InChI is InChI=1S/C13H7Br2NO2/c1-6-2-8(17)5-11-12(6)16-10-4-7(14)3-9(15)13(10)18-11/h2-5H,1H3. The second-order valence-electron chi connectivity index (χ2n) is 4.04. The highest BCUT2D eigenvalue weighted by atomic mass is 79.9. The van der Waals surface area contributed by atoms with E-state index in [4.69, 9.17) is 4.42 Å². The van der Waals surface area contributed by atoms with Gasteiger partial charge in [-0.3, -0.25) is 4.79 Å². The molecule has 0 amide bonds. The topological polar surface area (TPSA) is 43.1 Å². The first-order valence-electron chi connectivity index (χ1n) is 5.25. The third kappa shape index (κ3) is 1.87. The lowest BCUT2D eigenvalue weighted by Gasteiger charge is -2.09. The van der Waals surface area contributed by atoms with Crippen molar-refractivity contribution in [3.05, 3.63) is 49.0 Å². The summed E-state index contributed by atoms with van der Waals surface area (Å²) in [5.41, 5.74) is 2.84. The van der Waals surface area contributed by atoms with Gasteiger partial charge in [0.1, 0.15) is 11.2 Å². The summed E-state index contributed by atoms with van der Waals surface area (Å²) in [6.07, 6.45) is 0. The summed E-state index contributed by atoms with van der Waals surface area (Å²) in [4.78, 5) is 16.0. The number of fused-ring (bicyclic) bond motifs is 2. The minimum atomic E-state index is -0.0712. The van der Waals surface area contributed by atoms with Crippen molar-refractivity contribution in [1.82, 2.24) is 4.98 Å². The van der Waals surface area contributed by atoms with E-state index in [2.05, 4.69) is 36.8 Å². The molecule has 1 heterocycles. The molecule has 0 unspecified atom stereocenters. The molecule has 1 aromatic carbocycles. The van der Waals surface area contributed by atoms with Crippen LogP contribution in [0.3, 0.4) is 0 Å². The Bertz CT molecular complexity index is 795. The van der Waals surface area contributed by atoms with Crippen LogP contribution in [0.15, 0.2) is 42.4 Å². The van der Waals surface area contributed by atoms with E-state index in [1.54, 1.807) is 6.07 Å². The van der Waals surface area contributed by atoms with Crippen molar-refractivity contribution >= 4 is 43.0 Å². The minimum Gasteiger partial charge on any atom is -0.451 e. The first-order valence-corrected chi connectivity index (χ1v) is 6.83. The van der Waals surface area contributed by atoms with Crippen molar-refractivity contribution in [2.24, 2.45) is 0 Å². The van der Waals surface area contributed by atoms with Gasteiger partial charge in [-0.15, -0.1) is 0 Å². The van der Waals surface area contributed by atoms with Crippen molar-refractivity contribution in [3.8, 4) is 11.5 Å². The first kappa shape index (κ1) is 11.9. The van der Waals surface area contributed by atoms with Crippen molar-refractivity contribution in [2.45, 2.75) is 6.92 Å². The molecule has 1 aliphatic carbocycles. The number of benzene rings is 2. The maximum Gasteiger partial charge on any atom is 0.182 e. The van der Waals surface area contributed by atoms with Gasteiger partial charge in [0.25, 0.3) is 0 Å². The molecule has 0 saturated carbocycles. The van der Waals surface area contributed by atoms with E-state index in [1.807, 2.05) is 19.1 Å². The monoisotopic (exact) mass is 367 g/mol. The van der Waals surface area contributed by atoms with E-state index in [0.29, 0.717) is 17.0 Å². The van der Waals surface area contributed by atoms with Gasteiger partial charge in [-0.1, -0.05) is 15.9 Å². The molecule has 0 N–H and O–H groups in total. The highest BCUT2D eigenvalue weighted by molar-refractivity contribution is 9.11.